The number of carbonyl (C=O) groups is 4. The largest absolute Gasteiger partial charge is 0.328 e. The van der Waals surface area contributed by atoms with Crippen molar-refractivity contribution in [3.63, 3.8) is 0 Å². The maximum Gasteiger partial charge on any atom is 0.328 e. The van der Waals surface area contributed by atoms with Crippen molar-refractivity contribution >= 4 is 23.6 Å². The van der Waals surface area contributed by atoms with Gasteiger partial charge in [-0.3, -0.25) is 29.4 Å². The van der Waals surface area contributed by atoms with Gasteiger partial charge in [0.25, 0.3) is 5.91 Å². The Morgan fingerprint density at radius 1 is 1.30 bits per heavy atom. The van der Waals surface area contributed by atoms with E-state index in [1.807, 2.05) is 0 Å². The first kappa shape index (κ1) is 12.4. The number of aryl methyl sites for hydroxylation is 1. The number of piperidine rings is 1. The van der Waals surface area contributed by atoms with E-state index in [1.54, 1.807) is 13.2 Å². The lowest BCUT2D eigenvalue weighted by atomic mass is 10.0. The van der Waals surface area contributed by atoms with Crippen LogP contribution in [-0.2, 0) is 16.6 Å². The summed E-state index contributed by atoms with van der Waals surface area (Å²) >= 11 is 0. The highest BCUT2D eigenvalue weighted by Gasteiger charge is 2.49. The average Bonchev–Trinajstić information content (AvgIpc) is 2.64. The van der Waals surface area contributed by atoms with Crippen molar-refractivity contribution in [2.75, 3.05) is 0 Å². The van der Waals surface area contributed by atoms with Crippen molar-refractivity contribution in [3.8, 4) is 0 Å². The van der Waals surface area contributed by atoms with Crippen LogP contribution in [-0.4, -0.2) is 39.6 Å². The van der Waals surface area contributed by atoms with Crippen LogP contribution in [0.15, 0.2) is 12.4 Å². The van der Waals surface area contributed by atoms with Crippen LogP contribution in [0.5, 0.6) is 0 Å². The molecule has 3 rings (SSSR count). The van der Waals surface area contributed by atoms with Crippen LogP contribution < -0.4 is 9.88 Å². The van der Waals surface area contributed by atoms with Crippen LogP contribution in [0.1, 0.15) is 33.8 Å². The first-order valence-electron chi connectivity index (χ1n) is 6.07. The minimum Gasteiger partial charge on any atom is -0.295 e. The molecule has 0 bridgehead atoms. The Labute approximate surface area is 113 Å². The second-order valence-electron chi connectivity index (χ2n) is 4.68. The molecule has 1 aromatic rings. The molecule has 0 radical (unpaired) electrons. The van der Waals surface area contributed by atoms with Crippen LogP contribution in [0.4, 0.5) is 0 Å². The first-order chi connectivity index (χ1) is 9.50. The molecule has 1 saturated heterocycles. The highest BCUT2D eigenvalue weighted by Crippen LogP contribution is 2.23. The van der Waals surface area contributed by atoms with Gasteiger partial charge in [-0.1, -0.05) is 0 Å². The summed E-state index contributed by atoms with van der Waals surface area (Å²) in [4.78, 5) is 52.3. The molecule has 1 atom stereocenters. The van der Waals surface area contributed by atoms with Gasteiger partial charge in [-0.2, -0.15) is 4.57 Å². The van der Waals surface area contributed by atoms with E-state index in [9.17, 15) is 19.2 Å². The van der Waals surface area contributed by atoms with Gasteiger partial charge in [-0.15, -0.1) is 0 Å². The summed E-state index contributed by atoms with van der Waals surface area (Å²) < 4.78 is 1.49. The summed E-state index contributed by atoms with van der Waals surface area (Å²) in [5, 5.41) is 2.14. The fourth-order valence-corrected chi connectivity index (χ4v) is 2.45. The number of rotatable bonds is 1. The second kappa shape index (κ2) is 4.19. The number of hydrogen-bond donors (Lipinski definition) is 1. The van der Waals surface area contributed by atoms with Gasteiger partial charge >= 0.3 is 11.6 Å². The molecular weight excluding hydrogens is 264 g/mol. The molecule has 3 heterocycles. The van der Waals surface area contributed by atoms with E-state index >= 15 is 0 Å². The van der Waals surface area contributed by atoms with Crippen LogP contribution in [0.2, 0.25) is 0 Å². The lowest BCUT2D eigenvalue weighted by molar-refractivity contribution is -0.674. The monoisotopic (exact) mass is 275 g/mol. The molecule has 0 spiro atoms. The molecule has 2 aliphatic heterocycles. The van der Waals surface area contributed by atoms with Crippen molar-refractivity contribution in [1.29, 1.82) is 0 Å². The summed E-state index contributed by atoms with van der Waals surface area (Å²) in [6, 6.07) is -0.957. The van der Waals surface area contributed by atoms with E-state index in [4.69, 9.17) is 0 Å². The highest BCUT2D eigenvalue weighted by atomic mass is 16.2. The molecule has 0 aliphatic carbocycles. The smallest absolute Gasteiger partial charge is 0.295 e. The Hall–Kier alpha value is -2.64. The Morgan fingerprint density at radius 2 is 2.05 bits per heavy atom. The van der Waals surface area contributed by atoms with Crippen molar-refractivity contribution in [3.05, 3.63) is 23.8 Å². The number of amides is 4. The van der Waals surface area contributed by atoms with Gasteiger partial charge in [-0.05, 0) is 6.42 Å². The minimum absolute atomic E-state index is 0.0321. The number of fused-ring (bicyclic) bond motifs is 1. The third kappa shape index (κ3) is 1.61. The number of imide groups is 2. The first-order valence-corrected chi connectivity index (χ1v) is 6.07. The van der Waals surface area contributed by atoms with Gasteiger partial charge in [0.1, 0.15) is 13.1 Å². The van der Waals surface area contributed by atoms with Gasteiger partial charge < -0.3 is 0 Å². The van der Waals surface area contributed by atoms with Crippen LogP contribution in [0.25, 0.3) is 0 Å². The average molecular weight is 275 g/mol. The van der Waals surface area contributed by atoms with Crippen molar-refractivity contribution in [2.24, 2.45) is 7.05 Å². The van der Waals surface area contributed by atoms with E-state index in [0.29, 0.717) is 0 Å². The predicted octanol–water partition coefficient (Wildman–Crippen LogP) is -1.69. The van der Waals surface area contributed by atoms with Crippen molar-refractivity contribution < 1.29 is 23.7 Å². The summed E-state index contributed by atoms with van der Waals surface area (Å²) in [7, 11) is 1.62. The minimum atomic E-state index is -0.957. The summed E-state index contributed by atoms with van der Waals surface area (Å²) in [5.74, 6) is -2.18. The Balaban J connectivity index is 2.00. The van der Waals surface area contributed by atoms with Gasteiger partial charge in [-0.25, -0.2) is 4.98 Å². The third-order valence-electron chi connectivity index (χ3n) is 3.44. The Morgan fingerprint density at radius 3 is 2.70 bits per heavy atom. The molecule has 0 saturated carbocycles. The van der Waals surface area contributed by atoms with Gasteiger partial charge in [0.15, 0.2) is 6.20 Å². The van der Waals surface area contributed by atoms with E-state index < -0.39 is 29.7 Å². The van der Waals surface area contributed by atoms with E-state index in [-0.39, 0.29) is 24.2 Å². The summed E-state index contributed by atoms with van der Waals surface area (Å²) in [6.07, 6.45) is 3.21. The zero-order chi connectivity index (χ0) is 14.4. The SMILES string of the molecule is C[n+]1ccnc2c1C(=O)N(C1CCC(=O)NC1=O)C2=O. The van der Waals surface area contributed by atoms with Crippen LogP contribution in [0.3, 0.4) is 0 Å². The third-order valence-corrected chi connectivity index (χ3v) is 3.44. The Bertz CT molecular complexity index is 669. The van der Waals surface area contributed by atoms with Gasteiger partial charge in [0, 0.05) is 6.42 Å². The number of hydrogen-bond acceptors (Lipinski definition) is 5. The quantitative estimate of drug-likeness (QED) is 0.487. The van der Waals surface area contributed by atoms with Crippen molar-refractivity contribution in [2.45, 2.75) is 18.9 Å². The molecule has 1 aromatic heterocycles. The molecular formula is C12H11N4O4+. The topological polar surface area (TPSA) is 100 Å². The van der Waals surface area contributed by atoms with Crippen LogP contribution >= 0.6 is 0 Å². The summed E-state index contributed by atoms with van der Waals surface area (Å²) in [5.41, 5.74) is 0.187. The lowest BCUT2D eigenvalue weighted by Gasteiger charge is -2.26. The molecule has 0 aromatic carbocycles. The van der Waals surface area contributed by atoms with Crippen molar-refractivity contribution in [1.82, 2.24) is 15.2 Å². The van der Waals surface area contributed by atoms with E-state index in [1.165, 1.54) is 10.8 Å². The van der Waals surface area contributed by atoms with Crippen LogP contribution in [0, 0.1) is 0 Å². The molecule has 2 aliphatic rings. The zero-order valence-electron chi connectivity index (χ0n) is 10.6. The highest BCUT2D eigenvalue weighted by molar-refractivity contribution is 6.21. The molecule has 1 fully saturated rings. The number of carbonyl (C=O) groups excluding carboxylic acids is 4. The molecule has 8 heteroatoms. The lowest BCUT2D eigenvalue weighted by Crippen LogP contribution is -2.54. The maximum atomic E-state index is 12.3. The van der Waals surface area contributed by atoms with E-state index in [2.05, 4.69) is 10.3 Å². The number of nitrogens with one attached hydrogen (secondary N) is 1. The van der Waals surface area contributed by atoms with Gasteiger partial charge in [0.2, 0.25) is 17.5 Å². The van der Waals surface area contributed by atoms with E-state index in [0.717, 1.165) is 4.90 Å². The standard InChI is InChI=1S/C12H10N4O4/c1-15-5-4-13-8-9(15)12(20)16(11(8)19)6-2-3-7(17)14-10(6)18/h4-6H,2-3H2,1H3/p+1. The number of aromatic nitrogens is 2. The molecule has 1 unspecified atom stereocenters. The molecule has 4 amide bonds. The number of nitrogens with zero attached hydrogens (tertiary/aromatic N) is 3. The second-order valence-corrected chi connectivity index (χ2v) is 4.68. The fraction of sp³-hybridized carbons (Fsp3) is 0.333. The Kier molecular flexibility index (Phi) is 2.60. The maximum absolute atomic E-state index is 12.3. The molecule has 1 N–H and O–H groups in total. The summed E-state index contributed by atoms with van der Waals surface area (Å²) in [6.45, 7) is 0. The predicted molar refractivity (Wildman–Crippen MR) is 62.1 cm³/mol. The molecule has 8 nitrogen and oxygen atoms in total. The molecule has 102 valence electrons. The zero-order valence-corrected chi connectivity index (χ0v) is 10.6. The van der Waals surface area contributed by atoms with Gasteiger partial charge in [0.05, 0.1) is 6.20 Å². The molecule has 20 heavy (non-hydrogen) atoms. The normalized spacial score (nSPS) is 22.1. The fourth-order valence-electron chi connectivity index (χ4n) is 2.45.